The average molecular weight is 197 g/mol. The standard InChI is InChI=1S/C12H23NO/c14-10-7-12(5-6-12)11-13-8-3-1-2-4-9-13/h14H,1-11H2. The third-order valence-corrected chi connectivity index (χ3v) is 3.86. The van der Waals surface area contributed by atoms with E-state index in [-0.39, 0.29) is 0 Å². The third-order valence-electron chi connectivity index (χ3n) is 3.86. The molecule has 0 unspecified atom stereocenters. The highest BCUT2D eigenvalue weighted by Crippen LogP contribution is 2.49. The van der Waals surface area contributed by atoms with Crippen molar-refractivity contribution in [3.05, 3.63) is 0 Å². The maximum Gasteiger partial charge on any atom is 0.0436 e. The molecule has 1 aliphatic carbocycles. The zero-order valence-electron chi connectivity index (χ0n) is 9.17. The fraction of sp³-hybridized carbons (Fsp3) is 1.00. The van der Waals surface area contributed by atoms with E-state index in [9.17, 15) is 0 Å². The van der Waals surface area contributed by atoms with Crippen molar-refractivity contribution in [2.24, 2.45) is 5.41 Å². The minimum Gasteiger partial charge on any atom is -0.396 e. The molecular weight excluding hydrogens is 174 g/mol. The average Bonchev–Trinajstić information content (AvgIpc) is 2.93. The smallest absolute Gasteiger partial charge is 0.0436 e. The van der Waals surface area contributed by atoms with E-state index in [1.54, 1.807) is 0 Å². The summed E-state index contributed by atoms with van der Waals surface area (Å²) in [7, 11) is 0. The highest BCUT2D eigenvalue weighted by Gasteiger charge is 2.42. The molecule has 2 fully saturated rings. The quantitative estimate of drug-likeness (QED) is 0.745. The zero-order valence-corrected chi connectivity index (χ0v) is 9.17. The highest BCUT2D eigenvalue weighted by molar-refractivity contribution is 4.95. The van der Waals surface area contributed by atoms with Gasteiger partial charge in [-0.15, -0.1) is 0 Å². The Kier molecular flexibility index (Phi) is 3.45. The Bertz CT molecular complexity index is 169. The molecule has 2 aliphatic rings. The van der Waals surface area contributed by atoms with Crippen LogP contribution in [-0.2, 0) is 0 Å². The Hall–Kier alpha value is -0.0800. The molecule has 1 saturated carbocycles. The van der Waals surface area contributed by atoms with Gasteiger partial charge in [-0.05, 0) is 50.6 Å². The van der Waals surface area contributed by atoms with Crippen LogP contribution in [0.2, 0.25) is 0 Å². The molecule has 1 aliphatic heterocycles. The Morgan fingerprint density at radius 2 is 1.64 bits per heavy atom. The molecule has 0 bridgehead atoms. The molecule has 0 spiro atoms. The van der Waals surface area contributed by atoms with Crippen LogP contribution in [-0.4, -0.2) is 36.2 Å². The first kappa shape index (κ1) is 10.4. The van der Waals surface area contributed by atoms with Crippen LogP contribution in [0.15, 0.2) is 0 Å². The van der Waals surface area contributed by atoms with Crippen LogP contribution in [0.5, 0.6) is 0 Å². The van der Waals surface area contributed by atoms with Gasteiger partial charge in [0.05, 0.1) is 0 Å². The summed E-state index contributed by atoms with van der Waals surface area (Å²) >= 11 is 0. The topological polar surface area (TPSA) is 23.5 Å². The highest BCUT2D eigenvalue weighted by atomic mass is 16.3. The van der Waals surface area contributed by atoms with Crippen molar-refractivity contribution >= 4 is 0 Å². The van der Waals surface area contributed by atoms with Crippen LogP contribution < -0.4 is 0 Å². The van der Waals surface area contributed by atoms with Gasteiger partial charge in [0, 0.05) is 13.2 Å². The summed E-state index contributed by atoms with van der Waals surface area (Å²) in [5.74, 6) is 0. The van der Waals surface area contributed by atoms with Crippen molar-refractivity contribution < 1.29 is 5.11 Å². The van der Waals surface area contributed by atoms with E-state index in [2.05, 4.69) is 4.90 Å². The van der Waals surface area contributed by atoms with Gasteiger partial charge in [-0.3, -0.25) is 0 Å². The van der Waals surface area contributed by atoms with Gasteiger partial charge in [0.2, 0.25) is 0 Å². The lowest BCUT2D eigenvalue weighted by molar-refractivity contribution is 0.185. The molecule has 2 rings (SSSR count). The van der Waals surface area contributed by atoms with Gasteiger partial charge >= 0.3 is 0 Å². The number of likely N-dealkylation sites (tertiary alicyclic amines) is 1. The normalized spacial score (nSPS) is 27.2. The number of aliphatic hydroxyl groups is 1. The molecule has 1 saturated heterocycles. The third kappa shape index (κ3) is 2.71. The summed E-state index contributed by atoms with van der Waals surface area (Å²) in [6, 6.07) is 0. The fourth-order valence-electron chi connectivity index (χ4n) is 2.67. The van der Waals surface area contributed by atoms with Gasteiger partial charge in [-0.1, -0.05) is 12.8 Å². The Labute approximate surface area is 87.3 Å². The first-order chi connectivity index (χ1) is 6.85. The Morgan fingerprint density at radius 1 is 1.00 bits per heavy atom. The van der Waals surface area contributed by atoms with Crippen molar-refractivity contribution in [2.45, 2.75) is 44.9 Å². The second kappa shape index (κ2) is 4.63. The minimum atomic E-state index is 0.383. The molecule has 82 valence electrons. The van der Waals surface area contributed by atoms with Gasteiger partial charge in [0.25, 0.3) is 0 Å². The van der Waals surface area contributed by atoms with Crippen LogP contribution in [0.1, 0.15) is 44.9 Å². The van der Waals surface area contributed by atoms with Crippen molar-refractivity contribution in [2.75, 3.05) is 26.2 Å². The summed E-state index contributed by atoms with van der Waals surface area (Å²) in [5, 5.41) is 9.01. The van der Waals surface area contributed by atoms with E-state index < -0.39 is 0 Å². The van der Waals surface area contributed by atoms with Crippen molar-refractivity contribution in [3.63, 3.8) is 0 Å². The van der Waals surface area contributed by atoms with E-state index in [1.165, 1.54) is 58.2 Å². The summed E-state index contributed by atoms with van der Waals surface area (Å²) in [6.45, 7) is 4.24. The second-order valence-electron chi connectivity index (χ2n) is 5.16. The molecule has 1 N–H and O–H groups in total. The molecule has 1 heterocycles. The van der Waals surface area contributed by atoms with Gasteiger partial charge in [0.1, 0.15) is 0 Å². The molecule has 0 amide bonds. The first-order valence-electron chi connectivity index (χ1n) is 6.18. The number of aliphatic hydroxyl groups excluding tert-OH is 1. The van der Waals surface area contributed by atoms with Crippen molar-refractivity contribution in [3.8, 4) is 0 Å². The van der Waals surface area contributed by atoms with E-state index in [1.807, 2.05) is 0 Å². The predicted molar refractivity (Wildman–Crippen MR) is 58.3 cm³/mol. The van der Waals surface area contributed by atoms with Gasteiger partial charge < -0.3 is 10.0 Å². The number of hydrogen-bond donors (Lipinski definition) is 1. The SMILES string of the molecule is OCCC1(CN2CCCCCC2)CC1. The largest absolute Gasteiger partial charge is 0.396 e. The monoisotopic (exact) mass is 197 g/mol. The molecule has 2 heteroatoms. The van der Waals surface area contributed by atoms with E-state index in [0.29, 0.717) is 12.0 Å². The summed E-state index contributed by atoms with van der Waals surface area (Å²) < 4.78 is 0. The van der Waals surface area contributed by atoms with Crippen LogP contribution in [0.3, 0.4) is 0 Å². The molecule has 0 aromatic rings. The fourth-order valence-corrected chi connectivity index (χ4v) is 2.67. The summed E-state index contributed by atoms with van der Waals surface area (Å²) in [5.41, 5.74) is 0.527. The van der Waals surface area contributed by atoms with Crippen LogP contribution in [0.25, 0.3) is 0 Å². The maximum atomic E-state index is 9.01. The summed E-state index contributed by atoms with van der Waals surface area (Å²) in [6.07, 6.45) is 9.34. The summed E-state index contributed by atoms with van der Waals surface area (Å²) in [4.78, 5) is 2.63. The lowest BCUT2D eigenvalue weighted by atomic mass is 10.0. The maximum absolute atomic E-state index is 9.01. The molecule has 0 radical (unpaired) electrons. The first-order valence-corrected chi connectivity index (χ1v) is 6.18. The molecule has 2 nitrogen and oxygen atoms in total. The van der Waals surface area contributed by atoms with Crippen LogP contribution in [0.4, 0.5) is 0 Å². The van der Waals surface area contributed by atoms with Crippen molar-refractivity contribution in [1.29, 1.82) is 0 Å². The number of rotatable bonds is 4. The minimum absolute atomic E-state index is 0.383. The molecule has 0 atom stereocenters. The van der Waals surface area contributed by atoms with E-state index in [4.69, 9.17) is 5.11 Å². The molecule has 14 heavy (non-hydrogen) atoms. The van der Waals surface area contributed by atoms with Gasteiger partial charge in [-0.25, -0.2) is 0 Å². The zero-order chi connectivity index (χ0) is 9.86. The predicted octanol–water partition coefficient (Wildman–Crippen LogP) is 2.02. The van der Waals surface area contributed by atoms with E-state index in [0.717, 1.165) is 6.42 Å². The van der Waals surface area contributed by atoms with Crippen LogP contribution in [0, 0.1) is 5.41 Å². The lowest BCUT2D eigenvalue weighted by Gasteiger charge is -2.25. The lowest BCUT2D eigenvalue weighted by Crippen LogP contribution is -2.31. The molecule has 0 aromatic carbocycles. The number of hydrogen-bond acceptors (Lipinski definition) is 2. The van der Waals surface area contributed by atoms with Gasteiger partial charge in [0.15, 0.2) is 0 Å². The second-order valence-corrected chi connectivity index (χ2v) is 5.16. The van der Waals surface area contributed by atoms with Gasteiger partial charge in [-0.2, -0.15) is 0 Å². The molecular formula is C12H23NO. The van der Waals surface area contributed by atoms with Crippen LogP contribution >= 0.6 is 0 Å². The Morgan fingerprint density at radius 3 is 2.14 bits per heavy atom. The van der Waals surface area contributed by atoms with E-state index >= 15 is 0 Å². The molecule has 0 aromatic heterocycles. The Balaban J connectivity index is 1.77. The van der Waals surface area contributed by atoms with Crippen molar-refractivity contribution in [1.82, 2.24) is 4.90 Å². The number of nitrogens with zero attached hydrogens (tertiary/aromatic N) is 1.